The molecule has 1 unspecified atom stereocenters. The van der Waals surface area contributed by atoms with E-state index in [-0.39, 0.29) is 11.3 Å². The van der Waals surface area contributed by atoms with Gasteiger partial charge in [-0.1, -0.05) is 6.07 Å². The van der Waals surface area contributed by atoms with Crippen LogP contribution in [0.5, 0.6) is 11.5 Å². The SMILES string of the molecule is COc1ccc(OC(C)C(=O)N2CCC3(CCN(C(=S)Nc4cc(C)cc(C)c4)CC3)C2)cc1. The molecule has 2 saturated heterocycles. The highest BCUT2D eigenvalue weighted by atomic mass is 32.1. The predicted octanol–water partition coefficient (Wildman–Crippen LogP) is 4.79. The van der Waals surface area contributed by atoms with Crippen molar-refractivity contribution in [1.29, 1.82) is 0 Å². The highest BCUT2D eigenvalue weighted by molar-refractivity contribution is 7.80. The van der Waals surface area contributed by atoms with E-state index < -0.39 is 6.10 Å². The van der Waals surface area contributed by atoms with Crippen molar-refractivity contribution in [3.63, 3.8) is 0 Å². The first-order valence-electron chi connectivity index (χ1n) is 12.0. The molecule has 182 valence electrons. The Bertz CT molecular complexity index is 1010. The van der Waals surface area contributed by atoms with Crippen LogP contribution in [0, 0.1) is 19.3 Å². The Morgan fingerprint density at radius 3 is 2.12 bits per heavy atom. The van der Waals surface area contributed by atoms with Crippen molar-refractivity contribution in [2.24, 2.45) is 5.41 Å². The van der Waals surface area contributed by atoms with Crippen LogP contribution in [0.2, 0.25) is 0 Å². The second-order valence-electron chi connectivity index (χ2n) is 9.74. The van der Waals surface area contributed by atoms with Gasteiger partial charge in [-0.25, -0.2) is 0 Å². The number of nitrogens with zero attached hydrogens (tertiary/aromatic N) is 2. The van der Waals surface area contributed by atoms with Crippen molar-refractivity contribution in [1.82, 2.24) is 9.80 Å². The van der Waals surface area contributed by atoms with E-state index in [1.54, 1.807) is 7.11 Å². The molecule has 1 spiro atoms. The van der Waals surface area contributed by atoms with Gasteiger partial charge < -0.3 is 24.6 Å². The van der Waals surface area contributed by atoms with E-state index in [9.17, 15) is 4.79 Å². The smallest absolute Gasteiger partial charge is 0.263 e. The second kappa shape index (κ2) is 10.2. The van der Waals surface area contributed by atoms with E-state index in [0.29, 0.717) is 5.75 Å². The minimum atomic E-state index is -0.516. The molecule has 2 aliphatic rings. The number of anilines is 1. The highest BCUT2D eigenvalue weighted by Crippen LogP contribution is 2.40. The van der Waals surface area contributed by atoms with Crippen LogP contribution in [-0.4, -0.2) is 60.2 Å². The molecule has 0 aromatic heterocycles. The highest BCUT2D eigenvalue weighted by Gasteiger charge is 2.43. The maximum Gasteiger partial charge on any atom is 0.263 e. The fourth-order valence-corrected chi connectivity index (χ4v) is 5.43. The third-order valence-electron chi connectivity index (χ3n) is 7.05. The number of ether oxygens (including phenoxy) is 2. The van der Waals surface area contributed by atoms with E-state index >= 15 is 0 Å². The quantitative estimate of drug-likeness (QED) is 0.620. The van der Waals surface area contributed by atoms with Crippen LogP contribution in [-0.2, 0) is 4.79 Å². The number of benzene rings is 2. The third-order valence-corrected chi connectivity index (χ3v) is 7.41. The normalized spacial score (nSPS) is 18.0. The predicted molar refractivity (Wildman–Crippen MR) is 140 cm³/mol. The van der Waals surface area contributed by atoms with Gasteiger partial charge in [0.15, 0.2) is 11.2 Å². The Balaban J connectivity index is 1.28. The van der Waals surface area contributed by atoms with Gasteiger partial charge in [-0.2, -0.15) is 0 Å². The Labute approximate surface area is 208 Å². The zero-order chi connectivity index (χ0) is 24.3. The van der Waals surface area contributed by atoms with Crippen molar-refractivity contribution in [3.05, 3.63) is 53.6 Å². The Morgan fingerprint density at radius 2 is 1.53 bits per heavy atom. The largest absolute Gasteiger partial charge is 0.497 e. The van der Waals surface area contributed by atoms with Crippen LogP contribution >= 0.6 is 12.2 Å². The van der Waals surface area contributed by atoms with Crippen LogP contribution in [0.25, 0.3) is 0 Å². The number of amides is 1. The summed E-state index contributed by atoms with van der Waals surface area (Å²) in [5.74, 6) is 1.50. The molecule has 34 heavy (non-hydrogen) atoms. The van der Waals surface area contributed by atoms with Crippen molar-refractivity contribution in [3.8, 4) is 11.5 Å². The van der Waals surface area contributed by atoms with Gasteiger partial charge in [0, 0.05) is 31.9 Å². The first-order valence-corrected chi connectivity index (χ1v) is 12.4. The average Bonchev–Trinajstić information content (AvgIpc) is 3.22. The van der Waals surface area contributed by atoms with Gasteiger partial charge in [-0.3, -0.25) is 4.79 Å². The number of nitrogens with one attached hydrogen (secondary N) is 1. The molecule has 2 heterocycles. The fraction of sp³-hybridized carbons (Fsp3) is 0.481. The number of carbonyl (C=O) groups excluding carboxylic acids is 1. The first-order chi connectivity index (χ1) is 16.3. The lowest BCUT2D eigenvalue weighted by Crippen LogP contribution is -2.47. The van der Waals surface area contributed by atoms with E-state index in [4.69, 9.17) is 21.7 Å². The summed E-state index contributed by atoms with van der Waals surface area (Å²) in [5.41, 5.74) is 3.68. The standard InChI is InChI=1S/C27H35N3O3S/c1-19-15-20(2)17-22(16-19)28-26(34)29-12-9-27(10-13-29)11-14-30(18-27)25(31)21(3)33-24-7-5-23(32-4)6-8-24/h5-8,15-17,21H,9-14,18H2,1-4H3,(H,28,34). The molecule has 1 amide bonds. The molecule has 2 fully saturated rings. The molecule has 0 radical (unpaired) electrons. The van der Waals surface area contributed by atoms with E-state index in [0.717, 1.165) is 62.0 Å². The summed E-state index contributed by atoms with van der Waals surface area (Å²) >= 11 is 5.71. The van der Waals surface area contributed by atoms with E-state index in [2.05, 4.69) is 42.3 Å². The summed E-state index contributed by atoms with van der Waals surface area (Å²) in [5, 5.41) is 4.20. The third kappa shape index (κ3) is 5.63. The summed E-state index contributed by atoms with van der Waals surface area (Å²) in [6.07, 6.45) is 2.61. The number of aryl methyl sites for hydroxylation is 2. The molecule has 2 aromatic carbocycles. The van der Waals surface area contributed by atoms with Crippen LogP contribution in [0.3, 0.4) is 0 Å². The van der Waals surface area contributed by atoms with Crippen molar-refractivity contribution in [2.75, 3.05) is 38.6 Å². The molecule has 7 heteroatoms. The minimum Gasteiger partial charge on any atom is -0.497 e. The summed E-state index contributed by atoms with van der Waals surface area (Å²) in [4.78, 5) is 17.3. The van der Waals surface area contributed by atoms with Gasteiger partial charge in [-0.05, 0) is 105 Å². The molecule has 0 aliphatic carbocycles. The number of methoxy groups -OCH3 is 1. The van der Waals surface area contributed by atoms with Gasteiger partial charge in [0.1, 0.15) is 11.5 Å². The molecule has 6 nitrogen and oxygen atoms in total. The van der Waals surface area contributed by atoms with E-state index in [1.807, 2.05) is 36.1 Å². The zero-order valence-electron chi connectivity index (χ0n) is 20.6. The number of carbonyl (C=O) groups is 1. The van der Waals surface area contributed by atoms with Crippen LogP contribution < -0.4 is 14.8 Å². The summed E-state index contributed by atoms with van der Waals surface area (Å²) in [7, 11) is 1.63. The summed E-state index contributed by atoms with van der Waals surface area (Å²) in [6.45, 7) is 9.45. The van der Waals surface area contributed by atoms with Crippen LogP contribution in [0.1, 0.15) is 37.3 Å². The average molecular weight is 482 g/mol. The molecular formula is C27H35N3O3S. The number of thiocarbonyl (C=S) groups is 1. The van der Waals surface area contributed by atoms with Gasteiger partial charge in [0.2, 0.25) is 0 Å². The van der Waals surface area contributed by atoms with Gasteiger partial charge in [0.05, 0.1) is 7.11 Å². The maximum absolute atomic E-state index is 13.1. The fourth-order valence-electron chi connectivity index (χ4n) is 5.13. The topological polar surface area (TPSA) is 54.0 Å². The first kappa shape index (κ1) is 24.3. The summed E-state index contributed by atoms with van der Waals surface area (Å²) in [6, 6.07) is 13.8. The molecular weight excluding hydrogens is 446 g/mol. The minimum absolute atomic E-state index is 0.0575. The molecule has 4 rings (SSSR count). The number of piperidine rings is 1. The molecule has 1 N–H and O–H groups in total. The van der Waals surface area contributed by atoms with Gasteiger partial charge in [0.25, 0.3) is 5.91 Å². The number of likely N-dealkylation sites (tertiary alicyclic amines) is 2. The molecule has 2 aromatic rings. The molecule has 1 atom stereocenters. The number of rotatable bonds is 5. The van der Waals surface area contributed by atoms with Gasteiger partial charge in [-0.15, -0.1) is 0 Å². The van der Waals surface area contributed by atoms with Crippen LogP contribution in [0.4, 0.5) is 5.69 Å². The van der Waals surface area contributed by atoms with Crippen LogP contribution in [0.15, 0.2) is 42.5 Å². The molecule has 0 bridgehead atoms. The Kier molecular flexibility index (Phi) is 7.31. The molecule has 0 saturated carbocycles. The zero-order valence-corrected chi connectivity index (χ0v) is 21.4. The number of hydrogen-bond donors (Lipinski definition) is 1. The second-order valence-corrected chi connectivity index (χ2v) is 10.1. The van der Waals surface area contributed by atoms with E-state index in [1.165, 1.54) is 11.1 Å². The lowest BCUT2D eigenvalue weighted by Gasteiger charge is -2.40. The van der Waals surface area contributed by atoms with Crippen molar-refractivity contribution < 1.29 is 14.3 Å². The molecule has 2 aliphatic heterocycles. The lowest BCUT2D eigenvalue weighted by atomic mass is 9.78. The Morgan fingerprint density at radius 1 is 0.971 bits per heavy atom. The Hall–Kier alpha value is -2.80. The van der Waals surface area contributed by atoms with Gasteiger partial charge >= 0.3 is 0 Å². The summed E-state index contributed by atoms with van der Waals surface area (Å²) < 4.78 is 11.1. The number of hydrogen-bond acceptors (Lipinski definition) is 4. The maximum atomic E-state index is 13.1. The lowest BCUT2D eigenvalue weighted by molar-refractivity contribution is -0.137. The van der Waals surface area contributed by atoms with Crippen molar-refractivity contribution >= 4 is 28.9 Å². The van der Waals surface area contributed by atoms with Crippen molar-refractivity contribution in [2.45, 2.75) is 46.1 Å². The monoisotopic (exact) mass is 481 g/mol.